The molecular weight excluding hydrogens is 252 g/mol. The zero-order chi connectivity index (χ0) is 13.3. The van der Waals surface area contributed by atoms with Crippen molar-refractivity contribution in [3.05, 3.63) is 22.4 Å². The lowest BCUT2D eigenvalue weighted by atomic mass is 9.88. The third-order valence-electron chi connectivity index (χ3n) is 2.95. The van der Waals surface area contributed by atoms with Gasteiger partial charge in [-0.1, -0.05) is 13.0 Å². The van der Waals surface area contributed by atoms with Gasteiger partial charge < -0.3 is 9.47 Å². The highest BCUT2D eigenvalue weighted by atomic mass is 32.1. The molecule has 98 valence electrons. The maximum Gasteiger partial charge on any atom is 0.324 e. The maximum absolute atomic E-state index is 12.0. The lowest BCUT2D eigenvalue weighted by Crippen LogP contribution is -2.48. The van der Waals surface area contributed by atoms with E-state index >= 15 is 0 Å². The summed E-state index contributed by atoms with van der Waals surface area (Å²) in [6.45, 7) is 5.07. The molecule has 0 radical (unpaired) electrons. The zero-order valence-electron chi connectivity index (χ0n) is 10.6. The summed E-state index contributed by atoms with van der Waals surface area (Å²) < 4.78 is 10.3. The van der Waals surface area contributed by atoms with Crippen molar-refractivity contribution in [2.75, 3.05) is 0 Å². The number of ether oxygens (including phenoxy) is 2. The second-order valence-corrected chi connectivity index (χ2v) is 5.73. The van der Waals surface area contributed by atoms with Gasteiger partial charge in [-0.2, -0.15) is 0 Å². The third kappa shape index (κ3) is 2.41. The monoisotopic (exact) mass is 268 g/mol. The van der Waals surface area contributed by atoms with Crippen molar-refractivity contribution in [3.63, 3.8) is 0 Å². The SMILES string of the molecule is CC[C@H](c1cccs1)C1C(=O)OC(C)(C)OC1=O. The maximum atomic E-state index is 12.0. The van der Waals surface area contributed by atoms with E-state index < -0.39 is 23.6 Å². The topological polar surface area (TPSA) is 52.6 Å². The van der Waals surface area contributed by atoms with Crippen molar-refractivity contribution in [3.8, 4) is 0 Å². The highest BCUT2D eigenvalue weighted by molar-refractivity contribution is 7.10. The van der Waals surface area contributed by atoms with Crippen LogP contribution in [0.25, 0.3) is 0 Å². The van der Waals surface area contributed by atoms with Crippen molar-refractivity contribution in [2.24, 2.45) is 5.92 Å². The van der Waals surface area contributed by atoms with E-state index in [2.05, 4.69) is 0 Å². The summed E-state index contributed by atoms with van der Waals surface area (Å²) in [6, 6.07) is 3.84. The summed E-state index contributed by atoms with van der Waals surface area (Å²) in [4.78, 5) is 25.0. The molecule has 1 aliphatic rings. The molecule has 4 nitrogen and oxygen atoms in total. The fourth-order valence-corrected chi connectivity index (χ4v) is 3.11. The van der Waals surface area contributed by atoms with E-state index in [9.17, 15) is 9.59 Å². The van der Waals surface area contributed by atoms with E-state index in [0.717, 1.165) is 4.88 Å². The van der Waals surface area contributed by atoms with Gasteiger partial charge in [0.05, 0.1) is 0 Å². The van der Waals surface area contributed by atoms with Crippen LogP contribution in [-0.4, -0.2) is 17.7 Å². The van der Waals surface area contributed by atoms with Crippen molar-refractivity contribution in [1.82, 2.24) is 0 Å². The molecule has 1 atom stereocenters. The molecule has 0 spiro atoms. The number of rotatable bonds is 3. The lowest BCUT2D eigenvalue weighted by molar-refractivity contribution is -0.241. The van der Waals surface area contributed by atoms with Crippen LogP contribution >= 0.6 is 11.3 Å². The fraction of sp³-hybridized carbons (Fsp3) is 0.538. The standard InChI is InChI=1S/C13H16O4S/c1-4-8(9-6-5-7-18-9)10-11(14)16-13(2,3)17-12(10)15/h5-8,10H,4H2,1-3H3/t8-/m1/s1. The van der Waals surface area contributed by atoms with Crippen molar-refractivity contribution in [1.29, 1.82) is 0 Å². The van der Waals surface area contributed by atoms with E-state index in [1.54, 1.807) is 13.8 Å². The molecule has 18 heavy (non-hydrogen) atoms. The predicted molar refractivity (Wildman–Crippen MR) is 67.1 cm³/mol. The minimum atomic E-state index is -1.15. The molecule has 1 saturated heterocycles. The van der Waals surface area contributed by atoms with Gasteiger partial charge in [-0.3, -0.25) is 9.59 Å². The van der Waals surface area contributed by atoms with Gasteiger partial charge in [0.1, 0.15) is 0 Å². The van der Waals surface area contributed by atoms with Crippen molar-refractivity contribution in [2.45, 2.75) is 38.9 Å². The first-order valence-corrected chi connectivity index (χ1v) is 6.81. The second kappa shape index (κ2) is 4.72. The first-order valence-electron chi connectivity index (χ1n) is 5.93. The Morgan fingerprint density at radius 1 is 1.33 bits per heavy atom. The Kier molecular flexibility index (Phi) is 3.43. The molecule has 0 bridgehead atoms. The number of esters is 2. The molecule has 1 aromatic heterocycles. The highest BCUT2D eigenvalue weighted by Crippen LogP contribution is 2.37. The Bertz CT molecular complexity index is 430. The highest BCUT2D eigenvalue weighted by Gasteiger charge is 2.47. The van der Waals surface area contributed by atoms with Crippen molar-refractivity contribution >= 4 is 23.3 Å². The molecule has 0 aliphatic carbocycles. The summed E-state index contributed by atoms with van der Waals surface area (Å²) in [5, 5.41) is 1.93. The minimum absolute atomic E-state index is 0.166. The van der Waals surface area contributed by atoms with Gasteiger partial charge in [-0.25, -0.2) is 0 Å². The second-order valence-electron chi connectivity index (χ2n) is 4.75. The molecule has 1 fully saturated rings. The molecule has 0 N–H and O–H groups in total. The predicted octanol–water partition coefficient (Wildman–Crippen LogP) is 2.69. The molecule has 0 amide bonds. The van der Waals surface area contributed by atoms with Crippen LogP contribution in [0.3, 0.4) is 0 Å². The number of hydrogen-bond acceptors (Lipinski definition) is 5. The van der Waals surface area contributed by atoms with Crippen LogP contribution in [-0.2, 0) is 19.1 Å². The van der Waals surface area contributed by atoms with Gasteiger partial charge in [0, 0.05) is 24.6 Å². The molecule has 0 saturated carbocycles. The Labute approximate surface area is 110 Å². The quantitative estimate of drug-likeness (QED) is 0.624. The molecule has 0 aromatic carbocycles. The molecule has 1 aromatic rings. The fourth-order valence-electron chi connectivity index (χ4n) is 2.16. The van der Waals surface area contributed by atoms with Crippen LogP contribution in [0.2, 0.25) is 0 Å². The Morgan fingerprint density at radius 3 is 2.39 bits per heavy atom. The molecular formula is C13H16O4S. The summed E-state index contributed by atoms with van der Waals surface area (Å²) >= 11 is 1.54. The van der Waals surface area contributed by atoms with E-state index in [1.165, 1.54) is 11.3 Å². The summed E-state index contributed by atoms with van der Waals surface area (Å²) in [5.41, 5.74) is 0. The summed E-state index contributed by atoms with van der Waals surface area (Å²) in [7, 11) is 0. The van der Waals surface area contributed by atoms with Crippen molar-refractivity contribution < 1.29 is 19.1 Å². The van der Waals surface area contributed by atoms with Gasteiger partial charge in [0.25, 0.3) is 5.79 Å². The van der Waals surface area contributed by atoms with Crippen LogP contribution < -0.4 is 0 Å². The van der Waals surface area contributed by atoms with Crippen LogP contribution in [0, 0.1) is 5.92 Å². The number of thiophene rings is 1. The number of hydrogen-bond donors (Lipinski definition) is 0. The first-order chi connectivity index (χ1) is 8.44. The van der Waals surface area contributed by atoms with E-state index in [-0.39, 0.29) is 5.92 Å². The van der Waals surface area contributed by atoms with Crippen LogP contribution in [0.15, 0.2) is 17.5 Å². The van der Waals surface area contributed by atoms with Gasteiger partial charge in [-0.05, 0) is 17.9 Å². The third-order valence-corrected chi connectivity index (χ3v) is 3.96. The zero-order valence-corrected chi connectivity index (χ0v) is 11.5. The normalized spacial score (nSPS) is 21.3. The summed E-state index contributed by atoms with van der Waals surface area (Å²) in [5.74, 6) is -3.14. The van der Waals surface area contributed by atoms with Crippen LogP contribution in [0.5, 0.6) is 0 Å². The molecule has 2 rings (SSSR count). The molecule has 1 aliphatic heterocycles. The summed E-state index contributed by atoms with van der Waals surface area (Å²) in [6.07, 6.45) is 0.690. The molecule has 0 unspecified atom stereocenters. The van der Waals surface area contributed by atoms with Gasteiger partial charge in [-0.15, -0.1) is 11.3 Å². The minimum Gasteiger partial charge on any atom is -0.422 e. The first kappa shape index (κ1) is 13.1. The number of cyclic esters (lactones) is 2. The average molecular weight is 268 g/mol. The Balaban J connectivity index is 2.27. The molecule has 2 heterocycles. The lowest BCUT2D eigenvalue weighted by Gasteiger charge is -2.35. The smallest absolute Gasteiger partial charge is 0.324 e. The van der Waals surface area contributed by atoms with E-state index in [1.807, 2.05) is 24.4 Å². The van der Waals surface area contributed by atoms with Gasteiger partial charge in [0.2, 0.25) is 0 Å². The van der Waals surface area contributed by atoms with Crippen LogP contribution in [0.4, 0.5) is 0 Å². The van der Waals surface area contributed by atoms with Gasteiger partial charge in [0.15, 0.2) is 5.92 Å². The number of carbonyl (C=O) groups excluding carboxylic acids is 2. The Morgan fingerprint density at radius 2 is 1.94 bits per heavy atom. The van der Waals surface area contributed by atoms with Gasteiger partial charge >= 0.3 is 11.9 Å². The Hall–Kier alpha value is -1.36. The van der Waals surface area contributed by atoms with E-state index in [0.29, 0.717) is 6.42 Å². The average Bonchev–Trinajstić information content (AvgIpc) is 2.74. The largest absolute Gasteiger partial charge is 0.422 e. The molecule has 5 heteroatoms. The number of carbonyl (C=O) groups is 2. The van der Waals surface area contributed by atoms with E-state index in [4.69, 9.17) is 9.47 Å². The van der Waals surface area contributed by atoms with Crippen LogP contribution in [0.1, 0.15) is 38.0 Å².